The lowest BCUT2D eigenvalue weighted by Gasteiger charge is -2.30. The Morgan fingerprint density at radius 2 is 2.33 bits per heavy atom. The van der Waals surface area contributed by atoms with Crippen LogP contribution in [-0.2, 0) is 6.54 Å². The fourth-order valence-corrected chi connectivity index (χ4v) is 2.44. The van der Waals surface area contributed by atoms with Gasteiger partial charge < -0.3 is 9.88 Å². The minimum Gasteiger partial charge on any atom is -0.337 e. The summed E-state index contributed by atoms with van der Waals surface area (Å²) in [4.78, 5) is 4.01. The predicted molar refractivity (Wildman–Crippen MR) is 62.1 cm³/mol. The van der Waals surface area contributed by atoms with E-state index in [2.05, 4.69) is 14.9 Å². The fraction of sp³-hybridized carbons (Fsp3) is 0.727. The van der Waals surface area contributed by atoms with Crippen LogP contribution >= 0.6 is 11.6 Å². The van der Waals surface area contributed by atoms with Crippen LogP contribution in [0.3, 0.4) is 0 Å². The lowest BCUT2D eigenvalue weighted by atomic mass is 9.85. The van der Waals surface area contributed by atoms with Gasteiger partial charge in [0.1, 0.15) is 0 Å². The van der Waals surface area contributed by atoms with Crippen molar-refractivity contribution in [3.05, 3.63) is 18.7 Å². The number of hydrogen-bond acceptors (Lipinski definition) is 2. The highest BCUT2D eigenvalue weighted by molar-refractivity contribution is 6.21. The molecule has 0 atom stereocenters. The number of imidazole rings is 1. The topological polar surface area (TPSA) is 29.9 Å². The minimum atomic E-state index is 0.447. The van der Waals surface area contributed by atoms with Crippen LogP contribution in [0.5, 0.6) is 0 Å². The number of nitrogens with zero attached hydrogens (tertiary/aromatic N) is 2. The summed E-state index contributed by atoms with van der Waals surface area (Å²) in [5.74, 6) is 0.820. The van der Waals surface area contributed by atoms with Crippen molar-refractivity contribution in [3.63, 3.8) is 0 Å². The first-order chi connectivity index (χ1) is 7.34. The number of rotatable bonds is 6. The molecule has 0 radical (unpaired) electrons. The third kappa shape index (κ3) is 3.50. The summed E-state index contributed by atoms with van der Waals surface area (Å²) in [6.45, 7) is 3.27. The van der Waals surface area contributed by atoms with E-state index in [1.165, 1.54) is 12.8 Å². The first kappa shape index (κ1) is 11.0. The van der Waals surface area contributed by atoms with Gasteiger partial charge in [0, 0.05) is 24.3 Å². The van der Waals surface area contributed by atoms with Gasteiger partial charge in [0.2, 0.25) is 0 Å². The van der Waals surface area contributed by atoms with Crippen molar-refractivity contribution in [2.45, 2.75) is 31.2 Å². The van der Waals surface area contributed by atoms with E-state index in [1.54, 1.807) is 0 Å². The Labute approximate surface area is 95.8 Å². The highest BCUT2D eigenvalue weighted by atomic mass is 35.5. The van der Waals surface area contributed by atoms with Crippen molar-refractivity contribution in [2.75, 3.05) is 13.1 Å². The summed E-state index contributed by atoms with van der Waals surface area (Å²) >= 11 is 5.91. The summed E-state index contributed by atoms with van der Waals surface area (Å²) in [5.41, 5.74) is 0. The average Bonchev–Trinajstić information content (AvgIpc) is 2.67. The molecule has 0 spiro atoms. The van der Waals surface area contributed by atoms with Crippen LogP contribution in [0.2, 0.25) is 0 Å². The van der Waals surface area contributed by atoms with Gasteiger partial charge in [-0.15, -0.1) is 11.6 Å². The lowest BCUT2D eigenvalue weighted by molar-refractivity contribution is 0.308. The number of nitrogens with one attached hydrogen (secondary N) is 1. The van der Waals surface area contributed by atoms with Crippen molar-refractivity contribution >= 4 is 11.6 Å². The zero-order chi connectivity index (χ0) is 10.5. The number of aromatic nitrogens is 2. The summed E-state index contributed by atoms with van der Waals surface area (Å²) in [6, 6.07) is 0. The molecule has 0 aliphatic heterocycles. The first-order valence-electron chi connectivity index (χ1n) is 5.65. The fourth-order valence-electron chi connectivity index (χ4n) is 1.93. The predicted octanol–water partition coefficient (Wildman–Crippen LogP) is 1.88. The SMILES string of the molecule is ClC1CC(CNCCCn2ccnc2)C1. The van der Waals surface area contributed by atoms with E-state index in [9.17, 15) is 0 Å². The highest BCUT2D eigenvalue weighted by Crippen LogP contribution is 2.30. The van der Waals surface area contributed by atoms with Gasteiger partial charge in [0.05, 0.1) is 6.33 Å². The zero-order valence-electron chi connectivity index (χ0n) is 8.90. The molecule has 1 N–H and O–H groups in total. The monoisotopic (exact) mass is 227 g/mol. The summed E-state index contributed by atoms with van der Waals surface area (Å²) in [5, 5.41) is 3.92. The van der Waals surface area contributed by atoms with E-state index in [0.29, 0.717) is 5.38 Å². The summed E-state index contributed by atoms with van der Waals surface area (Å²) in [6.07, 6.45) is 9.23. The van der Waals surface area contributed by atoms with Gasteiger partial charge in [0.15, 0.2) is 0 Å². The Balaban J connectivity index is 1.46. The Hall–Kier alpha value is -0.540. The van der Waals surface area contributed by atoms with Crippen molar-refractivity contribution in [1.82, 2.24) is 14.9 Å². The van der Waals surface area contributed by atoms with E-state index < -0.39 is 0 Å². The van der Waals surface area contributed by atoms with Crippen molar-refractivity contribution in [1.29, 1.82) is 0 Å². The van der Waals surface area contributed by atoms with Crippen LogP contribution in [0.25, 0.3) is 0 Å². The largest absolute Gasteiger partial charge is 0.337 e. The summed E-state index contributed by atoms with van der Waals surface area (Å²) < 4.78 is 2.11. The third-order valence-corrected chi connectivity index (χ3v) is 3.30. The molecule has 1 aromatic heterocycles. The molecule has 15 heavy (non-hydrogen) atoms. The number of hydrogen-bond donors (Lipinski definition) is 1. The molecule has 84 valence electrons. The molecule has 1 aliphatic rings. The molecule has 3 nitrogen and oxygen atoms in total. The molecule has 1 aliphatic carbocycles. The molecule has 0 aromatic carbocycles. The lowest BCUT2D eigenvalue weighted by Crippen LogP contribution is -2.34. The Morgan fingerprint density at radius 1 is 1.47 bits per heavy atom. The maximum atomic E-state index is 5.91. The van der Waals surface area contributed by atoms with Crippen LogP contribution in [-0.4, -0.2) is 28.0 Å². The third-order valence-electron chi connectivity index (χ3n) is 2.94. The average molecular weight is 228 g/mol. The molecule has 0 saturated heterocycles. The van der Waals surface area contributed by atoms with Crippen molar-refractivity contribution < 1.29 is 0 Å². The second-order valence-corrected chi connectivity index (χ2v) is 4.91. The Bertz CT molecular complexity index is 267. The van der Waals surface area contributed by atoms with Gasteiger partial charge in [-0.25, -0.2) is 4.98 Å². The molecule has 1 saturated carbocycles. The molecule has 2 rings (SSSR count). The van der Waals surface area contributed by atoms with Crippen LogP contribution in [0.1, 0.15) is 19.3 Å². The van der Waals surface area contributed by atoms with Gasteiger partial charge in [-0.1, -0.05) is 0 Å². The smallest absolute Gasteiger partial charge is 0.0945 e. The van der Waals surface area contributed by atoms with E-state index in [0.717, 1.165) is 32.0 Å². The van der Waals surface area contributed by atoms with Gasteiger partial charge >= 0.3 is 0 Å². The quantitative estimate of drug-likeness (QED) is 0.594. The standard InChI is InChI=1S/C11H18ClN3/c12-11-6-10(7-11)8-13-2-1-4-15-5-3-14-9-15/h3,5,9-11,13H,1-2,4,6-8H2. The van der Waals surface area contributed by atoms with E-state index in [1.807, 2.05) is 18.7 Å². The van der Waals surface area contributed by atoms with Crippen LogP contribution in [0, 0.1) is 5.92 Å². The van der Waals surface area contributed by atoms with Crippen LogP contribution < -0.4 is 5.32 Å². The maximum Gasteiger partial charge on any atom is 0.0945 e. The number of alkyl halides is 1. The molecule has 0 bridgehead atoms. The van der Waals surface area contributed by atoms with Gasteiger partial charge in [-0.05, 0) is 38.3 Å². The van der Waals surface area contributed by atoms with E-state index in [4.69, 9.17) is 11.6 Å². The van der Waals surface area contributed by atoms with Gasteiger partial charge in [0.25, 0.3) is 0 Å². The molecule has 1 fully saturated rings. The summed E-state index contributed by atoms with van der Waals surface area (Å²) in [7, 11) is 0. The Kier molecular flexibility index (Phi) is 4.03. The highest BCUT2D eigenvalue weighted by Gasteiger charge is 2.26. The van der Waals surface area contributed by atoms with E-state index in [-0.39, 0.29) is 0 Å². The van der Waals surface area contributed by atoms with Gasteiger partial charge in [-0.2, -0.15) is 0 Å². The second-order valence-electron chi connectivity index (χ2n) is 4.29. The molecule has 0 unspecified atom stereocenters. The van der Waals surface area contributed by atoms with Crippen LogP contribution in [0.4, 0.5) is 0 Å². The Morgan fingerprint density at radius 3 is 3.00 bits per heavy atom. The molecular weight excluding hydrogens is 210 g/mol. The molecule has 4 heteroatoms. The van der Waals surface area contributed by atoms with Crippen LogP contribution in [0.15, 0.2) is 18.7 Å². The molecule has 1 heterocycles. The molecular formula is C11H18ClN3. The molecule has 1 aromatic rings. The first-order valence-corrected chi connectivity index (χ1v) is 6.09. The van der Waals surface area contributed by atoms with Crippen molar-refractivity contribution in [3.8, 4) is 0 Å². The normalized spacial score (nSPS) is 25.1. The van der Waals surface area contributed by atoms with Crippen molar-refractivity contribution in [2.24, 2.45) is 5.92 Å². The van der Waals surface area contributed by atoms with Gasteiger partial charge in [-0.3, -0.25) is 0 Å². The van der Waals surface area contributed by atoms with E-state index >= 15 is 0 Å². The molecule has 0 amide bonds. The second kappa shape index (κ2) is 5.52. The zero-order valence-corrected chi connectivity index (χ0v) is 9.66. The number of halogens is 1. The maximum absolute atomic E-state index is 5.91. The minimum absolute atomic E-state index is 0.447. The number of aryl methyl sites for hydroxylation is 1.